The van der Waals surface area contributed by atoms with E-state index >= 15 is 0 Å². The van der Waals surface area contributed by atoms with Crippen LogP contribution in [0.15, 0.2) is 30.5 Å². The lowest BCUT2D eigenvalue weighted by Crippen LogP contribution is -1.81. The van der Waals surface area contributed by atoms with Crippen molar-refractivity contribution in [3.05, 3.63) is 36.0 Å². The molecular formula is C12H12BrNO. The Morgan fingerprint density at radius 2 is 2.33 bits per heavy atom. The smallest absolute Gasteiger partial charge is 0.119 e. The van der Waals surface area contributed by atoms with Crippen molar-refractivity contribution in [2.45, 2.75) is 0 Å². The number of hydrogen-bond acceptors (Lipinski definition) is 1. The largest absolute Gasteiger partial charge is 0.497 e. The van der Waals surface area contributed by atoms with Crippen LogP contribution in [0.1, 0.15) is 5.56 Å². The molecule has 0 fully saturated rings. The molecule has 0 amide bonds. The van der Waals surface area contributed by atoms with Crippen molar-refractivity contribution in [3.63, 3.8) is 0 Å². The van der Waals surface area contributed by atoms with Crippen LogP contribution >= 0.6 is 15.9 Å². The van der Waals surface area contributed by atoms with E-state index in [4.69, 9.17) is 4.74 Å². The van der Waals surface area contributed by atoms with Crippen molar-refractivity contribution < 1.29 is 4.74 Å². The van der Waals surface area contributed by atoms with E-state index in [2.05, 4.69) is 33.1 Å². The predicted octanol–water partition coefficient (Wildman–Crippen LogP) is 3.58. The van der Waals surface area contributed by atoms with Crippen molar-refractivity contribution in [3.8, 4) is 5.75 Å². The second-order valence-electron chi connectivity index (χ2n) is 3.21. The van der Waals surface area contributed by atoms with Crippen LogP contribution in [0.5, 0.6) is 5.75 Å². The van der Waals surface area contributed by atoms with Crippen LogP contribution in [0, 0.1) is 0 Å². The number of aromatic nitrogens is 1. The molecule has 2 aromatic rings. The summed E-state index contributed by atoms with van der Waals surface area (Å²) in [5, 5.41) is 2.05. The number of methoxy groups -OCH3 is 1. The standard InChI is InChI=1S/C12H12BrNO/c1-15-10-4-5-12-11(7-10)9(8-14-12)3-2-6-13/h2-5,7-8,14H,6H2,1H3. The molecule has 0 bridgehead atoms. The van der Waals surface area contributed by atoms with Crippen molar-refractivity contribution in [1.82, 2.24) is 4.98 Å². The number of fused-ring (bicyclic) bond motifs is 1. The first-order valence-corrected chi connectivity index (χ1v) is 5.85. The minimum atomic E-state index is 0.865. The molecule has 0 atom stereocenters. The molecule has 3 heteroatoms. The Morgan fingerprint density at radius 3 is 3.07 bits per heavy atom. The van der Waals surface area contributed by atoms with E-state index in [1.54, 1.807) is 7.11 Å². The Labute approximate surface area is 97.1 Å². The summed E-state index contributed by atoms with van der Waals surface area (Å²) in [6.45, 7) is 0. The van der Waals surface area contributed by atoms with Gasteiger partial charge in [0, 0.05) is 22.4 Å². The Balaban J connectivity index is 2.51. The molecule has 0 saturated heterocycles. The molecule has 0 saturated carbocycles. The lowest BCUT2D eigenvalue weighted by molar-refractivity contribution is 0.415. The fourth-order valence-corrected chi connectivity index (χ4v) is 1.74. The first kappa shape index (κ1) is 10.3. The monoisotopic (exact) mass is 265 g/mol. The number of benzene rings is 1. The number of halogens is 1. The number of ether oxygens (including phenoxy) is 1. The first-order chi connectivity index (χ1) is 7.35. The molecule has 78 valence electrons. The van der Waals surface area contributed by atoms with Crippen molar-refractivity contribution >= 4 is 32.9 Å². The third kappa shape index (κ3) is 2.07. The summed E-state index contributed by atoms with van der Waals surface area (Å²) >= 11 is 3.37. The summed E-state index contributed by atoms with van der Waals surface area (Å²) in [5.74, 6) is 0.885. The number of rotatable bonds is 3. The summed E-state index contributed by atoms with van der Waals surface area (Å²) < 4.78 is 5.20. The van der Waals surface area contributed by atoms with Gasteiger partial charge in [-0.25, -0.2) is 0 Å². The number of H-pyrrole nitrogens is 1. The van der Waals surface area contributed by atoms with Crippen LogP contribution in [-0.2, 0) is 0 Å². The van der Waals surface area contributed by atoms with Gasteiger partial charge in [0.05, 0.1) is 7.11 Å². The Kier molecular flexibility index (Phi) is 3.11. The number of hydrogen-bond donors (Lipinski definition) is 1. The fraction of sp³-hybridized carbons (Fsp3) is 0.167. The van der Waals surface area contributed by atoms with Crippen molar-refractivity contribution in [1.29, 1.82) is 0 Å². The van der Waals surface area contributed by atoms with E-state index in [1.165, 1.54) is 10.9 Å². The van der Waals surface area contributed by atoms with Crippen LogP contribution in [-0.4, -0.2) is 17.4 Å². The Morgan fingerprint density at radius 1 is 1.47 bits per heavy atom. The van der Waals surface area contributed by atoms with Crippen molar-refractivity contribution in [2.75, 3.05) is 12.4 Å². The van der Waals surface area contributed by atoms with Gasteiger partial charge in [0.25, 0.3) is 0 Å². The average molecular weight is 266 g/mol. The SMILES string of the molecule is COc1ccc2[nH]cc(C=CCBr)c2c1. The van der Waals surface area contributed by atoms with Crippen LogP contribution in [0.3, 0.4) is 0 Å². The summed E-state index contributed by atoms with van der Waals surface area (Å²) in [6.07, 6.45) is 6.17. The van der Waals surface area contributed by atoms with E-state index in [1.807, 2.05) is 24.4 Å². The molecule has 1 heterocycles. The highest BCUT2D eigenvalue weighted by atomic mass is 79.9. The molecule has 0 aliphatic rings. The van der Waals surface area contributed by atoms with Gasteiger partial charge in [-0.05, 0) is 23.8 Å². The molecule has 2 rings (SSSR count). The number of nitrogens with one attached hydrogen (secondary N) is 1. The zero-order chi connectivity index (χ0) is 10.7. The van der Waals surface area contributed by atoms with Gasteiger partial charge in [-0.1, -0.05) is 28.1 Å². The van der Waals surface area contributed by atoms with Crippen LogP contribution < -0.4 is 4.74 Å². The van der Waals surface area contributed by atoms with E-state index in [9.17, 15) is 0 Å². The summed E-state index contributed by atoms with van der Waals surface area (Å²) in [6, 6.07) is 6.02. The molecule has 0 aliphatic heterocycles. The minimum absolute atomic E-state index is 0.865. The molecule has 1 aromatic heterocycles. The molecule has 0 aliphatic carbocycles. The number of allylic oxidation sites excluding steroid dienone is 1. The van der Waals surface area contributed by atoms with Gasteiger partial charge in [0.1, 0.15) is 5.75 Å². The van der Waals surface area contributed by atoms with Crippen LogP contribution in [0.4, 0.5) is 0 Å². The van der Waals surface area contributed by atoms with Gasteiger partial charge in [-0.3, -0.25) is 0 Å². The maximum absolute atomic E-state index is 5.20. The molecule has 1 aromatic carbocycles. The zero-order valence-electron chi connectivity index (χ0n) is 8.46. The third-order valence-electron chi connectivity index (χ3n) is 2.31. The lowest BCUT2D eigenvalue weighted by atomic mass is 10.1. The van der Waals surface area contributed by atoms with Crippen molar-refractivity contribution in [2.24, 2.45) is 0 Å². The minimum Gasteiger partial charge on any atom is -0.497 e. The molecule has 2 nitrogen and oxygen atoms in total. The lowest BCUT2D eigenvalue weighted by Gasteiger charge is -1.99. The maximum Gasteiger partial charge on any atom is 0.119 e. The molecule has 0 unspecified atom stereocenters. The van der Waals surface area contributed by atoms with Gasteiger partial charge in [0.15, 0.2) is 0 Å². The summed E-state index contributed by atoms with van der Waals surface area (Å²) in [5.41, 5.74) is 2.31. The molecular weight excluding hydrogens is 254 g/mol. The summed E-state index contributed by atoms with van der Waals surface area (Å²) in [7, 11) is 1.68. The van der Waals surface area contributed by atoms with Crippen LogP contribution in [0.2, 0.25) is 0 Å². The zero-order valence-corrected chi connectivity index (χ0v) is 10.0. The normalized spacial score (nSPS) is 11.3. The topological polar surface area (TPSA) is 25.0 Å². The average Bonchev–Trinajstić information content (AvgIpc) is 2.68. The highest BCUT2D eigenvalue weighted by Crippen LogP contribution is 2.24. The quantitative estimate of drug-likeness (QED) is 0.844. The van der Waals surface area contributed by atoms with E-state index in [-0.39, 0.29) is 0 Å². The number of aromatic amines is 1. The molecule has 0 radical (unpaired) electrons. The Bertz CT molecular complexity index is 487. The molecule has 15 heavy (non-hydrogen) atoms. The van der Waals surface area contributed by atoms with Gasteiger partial charge >= 0.3 is 0 Å². The Hall–Kier alpha value is -1.22. The van der Waals surface area contributed by atoms with E-state index in [0.29, 0.717) is 0 Å². The van der Waals surface area contributed by atoms with Gasteiger partial charge in [-0.2, -0.15) is 0 Å². The van der Waals surface area contributed by atoms with Crippen LogP contribution in [0.25, 0.3) is 17.0 Å². The molecule has 1 N–H and O–H groups in total. The van der Waals surface area contributed by atoms with Gasteiger partial charge in [0.2, 0.25) is 0 Å². The second-order valence-corrected chi connectivity index (χ2v) is 3.86. The highest BCUT2D eigenvalue weighted by molar-refractivity contribution is 9.09. The first-order valence-electron chi connectivity index (χ1n) is 4.73. The predicted molar refractivity (Wildman–Crippen MR) is 67.7 cm³/mol. The maximum atomic E-state index is 5.20. The second kappa shape index (κ2) is 4.53. The number of alkyl halides is 1. The van der Waals surface area contributed by atoms with E-state index < -0.39 is 0 Å². The van der Waals surface area contributed by atoms with Gasteiger partial charge in [-0.15, -0.1) is 0 Å². The van der Waals surface area contributed by atoms with Gasteiger partial charge < -0.3 is 9.72 Å². The highest BCUT2D eigenvalue weighted by Gasteiger charge is 2.01. The molecule has 0 spiro atoms. The third-order valence-corrected chi connectivity index (χ3v) is 2.68. The van der Waals surface area contributed by atoms with E-state index in [0.717, 1.165) is 16.6 Å². The fourth-order valence-electron chi connectivity index (χ4n) is 1.56. The summed E-state index contributed by atoms with van der Waals surface area (Å²) in [4.78, 5) is 3.23.